The smallest absolute Gasteiger partial charge is 0.326 e. The van der Waals surface area contributed by atoms with E-state index < -0.39 is 47.9 Å². The summed E-state index contributed by atoms with van der Waals surface area (Å²) in [6.07, 6.45) is 3.47. The largest absolute Gasteiger partial charge is 0.480 e. The van der Waals surface area contributed by atoms with E-state index in [2.05, 4.69) is 20.9 Å². The fraction of sp³-hybridized carbons (Fsp3) is 0.593. The van der Waals surface area contributed by atoms with Crippen LogP contribution in [0.5, 0.6) is 0 Å². The van der Waals surface area contributed by atoms with Crippen LogP contribution in [0.15, 0.2) is 35.3 Å². The topological polar surface area (TPSA) is 267 Å². The van der Waals surface area contributed by atoms with Crippen LogP contribution < -0.4 is 44.6 Å². The molecule has 4 unspecified atom stereocenters. The summed E-state index contributed by atoms with van der Waals surface area (Å²) in [6, 6.07) is 5.09. The number of rotatable bonds is 21. The number of aliphatic carboxylic acids is 1. The van der Waals surface area contributed by atoms with Gasteiger partial charge in [-0.2, -0.15) is 0 Å². The SMILES string of the molecule is NCCCCC(NC(=O)C(CCCCN)NC(=O)C(CCCN=C(N)N)NC(=O)C(N)Cc1ccccc1)C(=O)O. The average molecular weight is 578 g/mol. The van der Waals surface area contributed by atoms with Crippen LogP contribution in [0, 0.1) is 0 Å². The van der Waals surface area contributed by atoms with Gasteiger partial charge in [0.2, 0.25) is 17.7 Å². The molecule has 0 aliphatic heterocycles. The minimum absolute atomic E-state index is 0.101. The second-order valence-corrected chi connectivity index (χ2v) is 9.84. The molecule has 0 aliphatic rings. The van der Waals surface area contributed by atoms with Gasteiger partial charge in [-0.15, -0.1) is 0 Å². The van der Waals surface area contributed by atoms with Crippen molar-refractivity contribution < 1.29 is 24.3 Å². The molecule has 230 valence electrons. The minimum atomic E-state index is -1.18. The molecule has 0 saturated carbocycles. The molecule has 14 nitrogen and oxygen atoms in total. The monoisotopic (exact) mass is 577 g/mol. The van der Waals surface area contributed by atoms with Gasteiger partial charge in [0.25, 0.3) is 0 Å². The molecule has 1 rings (SSSR count). The molecule has 1 aromatic carbocycles. The van der Waals surface area contributed by atoms with Gasteiger partial charge in [-0.3, -0.25) is 19.4 Å². The van der Waals surface area contributed by atoms with E-state index in [0.29, 0.717) is 45.2 Å². The zero-order chi connectivity index (χ0) is 30.6. The van der Waals surface area contributed by atoms with E-state index in [-0.39, 0.29) is 38.2 Å². The highest BCUT2D eigenvalue weighted by Crippen LogP contribution is 2.08. The molecular formula is C27H47N9O5. The number of hydrogen-bond donors (Lipinski definition) is 9. The quantitative estimate of drug-likeness (QED) is 0.0459. The lowest BCUT2D eigenvalue weighted by atomic mass is 10.0. The first-order valence-electron chi connectivity index (χ1n) is 14.0. The van der Waals surface area contributed by atoms with Gasteiger partial charge in [0.1, 0.15) is 18.1 Å². The maximum Gasteiger partial charge on any atom is 0.326 e. The Hall–Kier alpha value is -3.75. The van der Waals surface area contributed by atoms with E-state index in [1.54, 1.807) is 0 Å². The normalized spacial score (nSPS) is 13.7. The Morgan fingerprint density at radius 2 is 1.22 bits per heavy atom. The van der Waals surface area contributed by atoms with E-state index in [0.717, 1.165) is 5.56 Å². The molecule has 0 aromatic heterocycles. The van der Waals surface area contributed by atoms with Crippen molar-refractivity contribution in [2.24, 2.45) is 33.7 Å². The van der Waals surface area contributed by atoms with Crippen LogP contribution in [0.3, 0.4) is 0 Å². The number of carbonyl (C=O) groups is 4. The van der Waals surface area contributed by atoms with Crippen LogP contribution in [-0.4, -0.2) is 78.6 Å². The molecule has 0 saturated heterocycles. The summed E-state index contributed by atoms with van der Waals surface area (Å²) in [5.74, 6) is -3.07. The van der Waals surface area contributed by atoms with Gasteiger partial charge in [-0.1, -0.05) is 30.3 Å². The molecule has 41 heavy (non-hydrogen) atoms. The van der Waals surface area contributed by atoms with Crippen molar-refractivity contribution >= 4 is 29.7 Å². The van der Waals surface area contributed by atoms with Gasteiger partial charge >= 0.3 is 5.97 Å². The van der Waals surface area contributed by atoms with E-state index in [1.807, 2.05) is 30.3 Å². The summed E-state index contributed by atoms with van der Waals surface area (Å²) in [7, 11) is 0. The third-order valence-corrected chi connectivity index (χ3v) is 6.35. The summed E-state index contributed by atoms with van der Waals surface area (Å²) in [6.45, 7) is 1.02. The van der Waals surface area contributed by atoms with E-state index in [9.17, 15) is 24.3 Å². The number of nitrogens with zero attached hydrogens (tertiary/aromatic N) is 1. The molecule has 0 aliphatic carbocycles. The second kappa shape index (κ2) is 20.2. The Bertz CT molecular complexity index is 973. The highest BCUT2D eigenvalue weighted by molar-refractivity contribution is 5.94. The first kappa shape index (κ1) is 35.3. The number of benzene rings is 1. The molecule has 0 fully saturated rings. The second-order valence-electron chi connectivity index (χ2n) is 9.84. The number of nitrogens with two attached hydrogens (primary N) is 5. The van der Waals surface area contributed by atoms with E-state index in [1.165, 1.54) is 0 Å². The zero-order valence-electron chi connectivity index (χ0n) is 23.6. The van der Waals surface area contributed by atoms with Gasteiger partial charge < -0.3 is 49.7 Å². The van der Waals surface area contributed by atoms with Crippen molar-refractivity contribution in [1.29, 1.82) is 0 Å². The molecule has 3 amide bonds. The number of hydrogen-bond acceptors (Lipinski definition) is 8. The number of carboxylic acid groups (broad SMARTS) is 1. The van der Waals surface area contributed by atoms with Gasteiger partial charge in [0.15, 0.2) is 5.96 Å². The maximum absolute atomic E-state index is 13.4. The first-order valence-corrected chi connectivity index (χ1v) is 14.0. The molecule has 0 bridgehead atoms. The first-order chi connectivity index (χ1) is 19.6. The molecule has 4 atom stereocenters. The molecule has 0 heterocycles. The Morgan fingerprint density at radius 3 is 1.73 bits per heavy atom. The van der Waals surface area contributed by atoms with Gasteiger partial charge in [-0.25, -0.2) is 4.79 Å². The fourth-order valence-corrected chi connectivity index (χ4v) is 4.07. The molecule has 14 heteroatoms. The predicted octanol–water partition coefficient (Wildman–Crippen LogP) is -1.59. The predicted molar refractivity (Wildman–Crippen MR) is 157 cm³/mol. The Morgan fingerprint density at radius 1 is 0.732 bits per heavy atom. The van der Waals surface area contributed by atoms with Crippen LogP contribution in [0.4, 0.5) is 0 Å². The summed E-state index contributed by atoms with van der Waals surface area (Å²) in [5, 5.41) is 17.5. The van der Waals surface area contributed by atoms with Crippen LogP contribution in [0.1, 0.15) is 56.9 Å². The van der Waals surface area contributed by atoms with Crippen LogP contribution in [0.2, 0.25) is 0 Å². The number of guanidine groups is 1. The summed E-state index contributed by atoms with van der Waals surface area (Å²) >= 11 is 0. The van der Waals surface area contributed by atoms with Crippen molar-refractivity contribution in [1.82, 2.24) is 16.0 Å². The molecule has 0 radical (unpaired) electrons. The van der Waals surface area contributed by atoms with Crippen molar-refractivity contribution in [3.8, 4) is 0 Å². The van der Waals surface area contributed by atoms with E-state index >= 15 is 0 Å². The number of amides is 3. The van der Waals surface area contributed by atoms with Gasteiger partial charge in [-0.05, 0) is 76.4 Å². The molecule has 0 spiro atoms. The number of nitrogens with one attached hydrogen (secondary N) is 3. The Balaban J connectivity index is 3.02. The van der Waals surface area contributed by atoms with Gasteiger partial charge in [0, 0.05) is 6.54 Å². The minimum Gasteiger partial charge on any atom is -0.480 e. The van der Waals surface area contributed by atoms with Crippen molar-refractivity contribution in [2.75, 3.05) is 19.6 Å². The third kappa shape index (κ3) is 15.0. The van der Waals surface area contributed by atoms with Crippen LogP contribution >= 0.6 is 0 Å². The van der Waals surface area contributed by atoms with Crippen LogP contribution in [-0.2, 0) is 25.6 Å². The Labute approximate surface area is 241 Å². The summed E-state index contributed by atoms with van der Waals surface area (Å²) < 4.78 is 0. The average Bonchev–Trinajstić information content (AvgIpc) is 2.93. The summed E-state index contributed by atoms with van der Waals surface area (Å²) in [5.41, 5.74) is 28.8. The lowest BCUT2D eigenvalue weighted by Gasteiger charge is -2.25. The number of carbonyl (C=O) groups excluding carboxylic acids is 3. The molecular weight excluding hydrogens is 530 g/mol. The van der Waals surface area contributed by atoms with Crippen LogP contribution in [0.25, 0.3) is 0 Å². The number of unbranched alkanes of at least 4 members (excludes halogenated alkanes) is 2. The Kier molecular flexibility index (Phi) is 17.4. The summed E-state index contributed by atoms with van der Waals surface area (Å²) in [4.78, 5) is 55.0. The highest BCUT2D eigenvalue weighted by atomic mass is 16.4. The highest BCUT2D eigenvalue weighted by Gasteiger charge is 2.30. The van der Waals surface area contributed by atoms with E-state index in [4.69, 9.17) is 28.7 Å². The lowest BCUT2D eigenvalue weighted by molar-refractivity contribution is -0.142. The fourth-order valence-electron chi connectivity index (χ4n) is 4.07. The van der Waals surface area contributed by atoms with Crippen molar-refractivity contribution in [2.45, 2.75) is 82.0 Å². The number of aliphatic imine (C=N–C) groups is 1. The van der Waals surface area contributed by atoms with Gasteiger partial charge in [0.05, 0.1) is 6.04 Å². The number of carboxylic acids is 1. The molecule has 14 N–H and O–H groups in total. The van der Waals surface area contributed by atoms with Crippen molar-refractivity contribution in [3.63, 3.8) is 0 Å². The van der Waals surface area contributed by atoms with Crippen molar-refractivity contribution in [3.05, 3.63) is 35.9 Å². The molecule has 1 aromatic rings. The standard InChI is InChI=1S/C27H47N9O5/c28-14-6-4-11-20(25(39)36-22(26(40)41)12-5-7-15-29)35-24(38)21(13-8-16-33-27(31)32)34-23(37)19(30)17-18-9-2-1-3-10-18/h1-3,9-10,19-22H,4-8,11-17,28-30H2,(H,34,37)(H,35,38)(H,36,39)(H,40,41)(H4,31,32,33). The lowest BCUT2D eigenvalue weighted by Crippen LogP contribution is -2.57. The third-order valence-electron chi connectivity index (χ3n) is 6.35. The zero-order valence-corrected chi connectivity index (χ0v) is 23.6. The maximum atomic E-state index is 13.4.